The zero-order chi connectivity index (χ0) is 29.4. The van der Waals surface area contributed by atoms with E-state index in [1.54, 1.807) is 7.11 Å². The minimum Gasteiger partial charge on any atom is -0.497 e. The van der Waals surface area contributed by atoms with Crippen LogP contribution in [0, 0.1) is 22.2 Å². The summed E-state index contributed by atoms with van der Waals surface area (Å²) in [6.07, 6.45) is 10.6. The smallest absolute Gasteiger partial charge is 0.118 e. The van der Waals surface area contributed by atoms with Crippen LogP contribution in [0.4, 0.5) is 0 Å². The highest BCUT2D eigenvalue weighted by atomic mass is 28.3. The molecule has 5 nitrogen and oxygen atoms in total. The minimum absolute atomic E-state index is 0.00307. The molecule has 0 heterocycles. The molecular formula is C34H54O5Si. The van der Waals surface area contributed by atoms with E-state index in [4.69, 9.17) is 23.7 Å². The Hall–Kier alpha value is -1.44. The Bertz CT molecular complexity index is 1050. The first-order valence-corrected chi connectivity index (χ1v) is 18.8. The predicted molar refractivity (Wildman–Crippen MR) is 166 cm³/mol. The zero-order valence-corrected chi connectivity index (χ0v) is 27.5. The molecule has 0 aliphatic heterocycles. The van der Waals surface area contributed by atoms with Crippen LogP contribution >= 0.6 is 0 Å². The third-order valence-corrected chi connectivity index (χ3v) is 12.6. The van der Waals surface area contributed by atoms with Gasteiger partial charge >= 0.3 is 0 Å². The van der Waals surface area contributed by atoms with E-state index in [9.17, 15) is 0 Å². The lowest BCUT2D eigenvalue weighted by atomic mass is 9.39. The van der Waals surface area contributed by atoms with Gasteiger partial charge in [0.15, 0.2) is 0 Å². The SMILES string of the molecule is C=C[C@@]1(OC)[C@]2(C=CC[C@H]2OCC[Si](C)(C)C)[C@H](OC)C[C@@H]2C(C)(C)[C@@H](OCc3ccc(OC)cc3)CC[C@]21C. The van der Waals surface area contributed by atoms with E-state index in [0.29, 0.717) is 12.5 Å². The van der Waals surface area contributed by atoms with Gasteiger partial charge in [-0.15, -0.1) is 6.58 Å². The summed E-state index contributed by atoms with van der Waals surface area (Å²) in [5.41, 5.74) is -0.179. The molecule has 1 aromatic carbocycles. The Labute approximate surface area is 244 Å². The van der Waals surface area contributed by atoms with Crippen LogP contribution in [-0.4, -0.2) is 59.9 Å². The van der Waals surface area contributed by atoms with E-state index in [-0.39, 0.29) is 29.1 Å². The Morgan fingerprint density at radius 1 is 0.975 bits per heavy atom. The third kappa shape index (κ3) is 5.06. The number of fused-ring (bicyclic) bond motifs is 1. The van der Waals surface area contributed by atoms with Gasteiger partial charge in [-0.3, -0.25) is 0 Å². The maximum Gasteiger partial charge on any atom is 0.118 e. The number of hydrogen-bond acceptors (Lipinski definition) is 5. The lowest BCUT2D eigenvalue weighted by Crippen LogP contribution is -2.75. The molecule has 0 amide bonds. The highest BCUT2D eigenvalue weighted by Gasteiger charge is 2.74. The van der Waals surface area contributed by atoms with Crippen LogP contribution in [0.25, 0.3) is 0 Å². The number of hydrogen-bond donors (Lipinski definition) is 0. The number of methoxy groups -OCH3 is 3. The van der Waals surface area contributed by atoms with E-state index in [1.807, 2.05) is 26.4 Å². The van der Waals surface area contributed by atoms with Gasteiger partial charge in [0.2, 0.25) is 0 Å². The van der Waals surface area contributed by atoms with E-state index in [0.717, 1.165) is 49.6 Å². The molecule has 3 aliphatic carbocycles. The summed E-state index contributed by atoms with van der Waals surface area (Å²) in [5, 5.41) is 0. The van der Waals surface area contributed by atoms with Crippen molar-refractivity contribution in [3.63, 3.8) is 0 Å². The molecule has 224 valence electrons. The first kappa shape index (κ1) is 31.5. The molecule has 0 unspecified atom stereocenters. The predicted octanol–water partition coefficient (Wildman–Crippen LogP) is 7.68. The third-order valence-electron chi connectivity index (χ3n) is 10.8. The maximum atomic E-state index is 6.80. The molecule has 1 spiro atoms. The molecule has 0 N–H and O–H groups in total. The average molecular weight is 571 g/mol. The van der Waals surface area contributed by atoms with Gasteiger partial charge in [0.05, 0.1) is 37.4 Å². The second kappa shape index (κ2) is 11.7. The Morgan fingerprint density at radius 2 is 1.68 bits per heavy atom. The molecule has 40 heavy (non-hydrogen) atoms. The molecule has 0 bridgehead atoms. The van der Waals surface area contributed by atoms with Crippen LogP contribution in [0.2, 0.25) is 25.7 Å². The largest absolute Gasteiger partial charge is 0.497 e. The lowest BCUT2D eigenvalue weighted by molar-refractivity contribution is -0.296. The standard InChI is InChI=1S/C34H54O5Si/c1-11-34(37-7)32(4)20-18-28(39-24-25-14-16-26(35-5)17-15-25)31(2,3)27(32)23-30(36-6)33(34)19-12-13-29(33)38-21-22-40(8,9)10/h11-12,14-17,19,27-30H,1,13,18,20-24H2,2-10H3/t27-,28+,29-,30-,32-,33+,34+/m1/s1. The van der Waals surface area contributed by atoms with Crippen molar-refractivity contribution in [3.8, 4) is 5.75 Å². The highest BCUT2D eigenvalue weighted by Crippen LogP contribution is 2.70. The fourth-order valence-corrected chi connectivity index (χ4v) is 9.40. The first-order valence-electron chi connectivity index (χ1n) is 15.1. The minimum atomic E-state index is -1.22. The molecule has 2 fully saturated rings. The van der Waals surface area contributed by atoms with Gasteiger partial charge in [-0.25, -0.2) is 0 Å². The maximum absolute atomic E-state index is 6.80. The van der Waals surface area contributed by atoms with Crippen LogP contribution in [0.3, 0.4) is 0 Å². The monoisotopic (exact) mass is 570 g/mol. The van der Waals surface area contributed by atoms with E-state index >= 15 is 0 Å². The summed E-state index contributed by atoms with van der Waals surface area (Å²) < 4.78 is 32.0. The fourth-order valence-electron chi connectivity index (χ4n) is 8.66. The summed E-state index contributed by atoms with van der Waals surface area (Å²) in [4.78, 5) is 0. The van der Waals surface area contributed by atoms with Gasteiger partial charge in [-0.05, 0) is 60.8 Å². The van der Waals surface area contributed by atoms with Crippen molar-refractivity contribution in [3.05, 3.63) is 54.6 Å². The van der Waals surface area contributed by atoms with Gasteiger partial charge < -0.3 is 23.7 Å². The first-order chi connectivity index (χ1) is 18.8. The van der Waals surface area contributed by atoms with Crippen molar-refractivity contribution >= 4 is 8.07 Å². The summed E-state index contributed by atoms with van der Waals surface area (Å²) in [5.74, 6) is 1.17. The van der Waals surface area contributed by atoms with Gasteiger partial charge in [-0.2, -0.15) is 0 Å². The van der Waals surface area contributed by atoms with E-state index in [2.05, 4.69) is 77.4 Å². The second-order valence-electron chi connectivity index (χ2n) is 14.3. The number of benzene rings is 1. The summed E-state index contributed by atoms with van der Waals surface area (Å²) in [7, 11) is 4.20. The number of ether oxygens (including phenoxy) is 5. The van der Waals surface area contributed by atoms with E-state index < -0.39 is 19.1 Å². The molecule has 4 rings (SSSR count). The van der Waals surface area contributed by atoms with Crippen LogP contribution in [0.15, 0.2) is 49.1 Å². The molecule has 3 aliphatic rings. The molecule has 1 aromatic rings. The normalized spacial score (nSPS) is 36.9. The van der Waals surface area contributed by atoms with Crippen LogP contribution in [0.5, 0.6) is 5.75 Å². The van der Waals surface area contributed by atoms with Crippen molar-refractivity contribution in [2.75, 3.05) is 27.9 Å². The molecular weight excluding hydrogens is 516 g/mol. The van der Waals surface area contributed by atoms with Crippen molar-refractivity contribution in [1.82, 2.24) is 0 Å². The van der Waals surface area contributed by atoms with E-state index in [1.165, 1.54) is 0 Å². The van der Waals surface area contributed by atoms with Crippen LogP contribution < -0.4 is 4.74 Å². The summed E-state index contributed by atoms with van der Waals surface area (Å²) >= 11 is 0. The fraction of sp³-hybridized carbons (Fsp3) is 0.706. The van der Waals surface area contributed by atoms with Gasteiger partial charge in [0.1, 0.15) is 11.4 Å². The van der Waals surface area contributed by atoms with Crippen molar-refractivity contribution in [2.45, 2.75) is 103 Å². The summed E-state index contributed by atoms with van der Waals surface area (Å²) in [6.45, 7) is 20.2. The van der Waals surface area contributed by atoms with Crippen molar-refractivity contribution < 1.29 is 23.7 Å². The second-order valence-corrected chi connectivity index (χ2v) is 19.9. The van der Waals surface area contributed by atoms with Gasteiger partial charge in [-0.1, -0.05) is 70.8 Å². The van der Waals surface area contributed by atoms with Crippen LogP contribution in [0.1, 0.15) is 52.0 Å². The lowest BCUT2D eigenvalue weighted by Gasteiger charge is -2.70. The highest BCUT2D eigenvalue weighted by molar-refractivity contribution is 6.76. The Balaban J connectivity index is 1.65. The van der Waals surface area contributed by atoms with Crippen LogP contribution in [-0.2, 0) is 25.6 Å². The van der Waals surface area contributed by atoms with Gasteiger partial charge in [0.25, 0.3) is 0 Å². The molecule has 7 atom stereocenters. The zero-order valence-electron chi connectivity index (χ0n) is 26.5. The van der Waals surface area contributed by atoms with Crippen molar-refractivity contribution in [1.29, 1.82) is 0 Å². The molecule has 0 radical (unpaired) electrons. The van der Waals surface area contributed by atoms with Crippen molar-refractivity contribution in [2.24, 2.45) is 22.2 Å². The number of rotatable bonds is 11. The average Bonchev–Trinajstić information content (AvgIpc) is 3.32. The molecule has 6 heteroatoms. The molecule has 0 saturated heterocycles. The Kier molecular flexibility index (Phi) is 9.19. The quantitative estimate of drug-likeness (QED) is 0.202. The Morgan fingerprint density at radius 3 is 2.25 bits per heavy atom. The summed E-state index contributed by atoms with van der Waals surface area (Å²) in [6, 6.07) is 9.32. The topological polar surface area (TPSA) is 46.2 Å². The molecule has 0 aromatic heterocycles. The molecule has 2 saturated carbocycles. The van der Waals surface area contributed by atoms with Gasteiger partial charge in [0, 0.05) is 34.3 Å².